The molecule has 6 heteroatoms. The third kappa shape index (κ3) is 3.87. The summed E-state index contributed by atoms with van der Waals surface area (Å²) < 4.78 is 13.9. The highest BCUT2D eigenvalue weighted by Crippen LogP contribution is 2.29. The van der Waals surface area contributed by atoms with E-state index in [0.29, 0.717) is 5.25 Å². The van der Waals surface area contributed by atoms with Crippen molar-refractivity contribution < 1.29 is 4.39 Å². The summed E-state index contributed by atoms with van der Waals surface area (Å²) in [5.74, 6) is 8.98. The van der Waals surface area contributed by atoms with E-state index >= 15 is 0 Å². The summed E-state index contributed by atoms with van der Waals surface area (Å²) in [6.45, 7) is 0. The van der Waals surface area contributed by atoms with Gasteiger partial charge in [0, 0.05) is 33.0 Å². The monoisotopic (exact) mass is 350 g/mol. The lowest BCUT2D eigenvalue weighted by atomic mass is 10.0. The van der Waals surface area contributed by atoms with E-state index in [2.05, 4.69) is 21.4 Å². The van der Waals surface area contributed by atoms with Crippen LogP contribution in [0.15, 0.2) is 22.7 Å². The SMILES string of the molecule is NNC(Cc1ccc(F)cc1Br)C1CSCCS1. The third-order valence-electron chi connectivity index (χ3n) is 2.96. The summed E-state index contributed by atoms with van der Waals surface area (Å²) in [6, 6.07) is 5.05. The summed E-state index contributed by atoms with van der Waals surface area (Å²) in [5.41, 5.74) is 4.01. The molecule has 2 nitrogen and oxygen atoms in total. The number of nitrogens with one attached hydrogen (secondary N) is 1. The highest BCUT2D eigenvalue weighted by atomic mass is 79.9. The van der Waals surface area contributed by atoms with Crippen molar-refractivity contribution in [1.29, 1.82) is 0 Å². The van der Waals surface area contributed by atoms with E-state index in [1.54, 1.807) is 0 Å². The van der Waals surface area contributed by atoms with E-state index in [-0.39, 0.29) is 11.9 Å². The zero-order valence-electron chi connectivity index (χ0n) is 9.86. The lowest BCUT2D eigenvalue weighted by Gasteiger charge is -2.29. The van der Waals surface area contributed by atoms with E-state index in [4.69, 9.17) is 5.84 Å². The molecule has 0 radical (unpaired) electrons. The van der Waals surface area contributed by atoms with Gasteiger partial charge >= 0.3 is 0 Å². The standard InChI is InChI=1S/C12H16BrFN2S2/c13-10-6-9(14)2-1-8(10)5-11(16-15)12-7-17-3-4-18-12/h1-2,6,11-12,16H,3-5,7,15H2. The quantitative estimate of drug-likeness (QED) is 0.646. The molecule has 18 heavy (non-hydrogen) atoms. The van der Waals surface area contributed by atoms with Crippen LogP contribution in [0.1, 0.15) is 5.56 Å². The average molecular weight is 351 g/mol. The van der Waals surface area contributed by atoms with Gasteiger partial charge < -0.3 is 0 Å². The van der Waals surface area contributed by atoms with Crippen molar-refractivity contribution in [3.63, 3.8) is 0 Å². The van der Waals surface area contributed by atoms with E-state index in [9.17, 15) is 4.39 Å². The Hall–Kier alpha value is 0.250. The van der Waals surface area contributed by atoms with Crippen LogP contribution in [0.3, 0.4) is 0 Å². The molecule has 2 atom stereocenters. The van der Waals surface area contributed by atoms with Crippen molar-refractivity contribution in [2.24, 2.45) is 5.84 Å². The lowest BCUT2D eigenvalue weighted by Crippen LogP contribution is -2.46. The minimum absolute atomic E-state index is 0.217. The number of rotatable bonds is 4. The molecule has 0 saturated carbocycles. The Morgan fingerprint density at radius 3 is 2.94 bits per heavy atom. The van der Waals surface area contributed by atoms with E-state index in [0.717, 1.165) is 22.2 Å². The van der Waals surface area contributed by atoms with Gasteiger partial charge in [-0.2, -0.15) is 23.5 Å². The first kappa shape index (κ1) is 14.7. The maximum absolute atomic E-state index is 13.0. The van der Waals surface area contributed by atoms with Gasteiger partial charge in [0.15, 0.2) is 0 Å². The Morgan fingerprint density at radius 2 is 2.33 bits per heavy atom. The van der Waals surface area contributed by atoms with Crippen LogP contribution in [0.4, 0.5) is 4.39 Å². The van der Waals surface area contributed by atoms with Crippen LogP contribution < -0.4 is 11.3 Å². The molecule has 1 aliphatic heterocycles. The van der Waals surface area contributed by atoms with Gasteiger partial charge in [-0.15, -0.1) is 0 Å². The smallest absolute Gasteiger partial charge is 0.124 e. The summed E-state index contributed by atoms with van der Waals surface area (Å²) in [4.78, 5) is 0. The zero-order chi connectivity index (χ0) is 13.0. The molecule has 0 aromatic heterocycles. The number of hydrogen-bond acceptors (Lipinski definition) is 4. The molecule has 1 aromatic rings. The van der Waals surface area contributed by atoms with Gasteiger partial charge in [-0.05, 0) is 24.1 Å². The molecule has 1 aliphatic rings. The van der Waals surface area contributed by atoms with E-state index in [1.165, 1.54) is 23.6 Å². The molecule has 1 fully saturated rings. The highest BCUT2D eigenvalue weighted by molar-refractivity contribution is 9.10. The van der Waals surface area contributed by atoms with Gasteiger partial charge in [-0.3, -0.25) is 11.3 Å². The molecule has 2 unspecified atom stereocenters. The number of benzene rings is 1. The van der Waals surface area contributed by atoms with Gasteiger partial charge in [0.2, 0.25) is 0 Å². The van der Waals surface area contributed by atoms with Crippen molar-refractivity contribution in [3.05, 3.63) is 34.1 Å². The maximum Gasteiger partial charge on any atom is 0.124 e. The number of hydrazine groups is 1. The normalized spacial score (nSPS) is 21.8. The Labute approximate surface area is 124 Å². The Bertz CT molecular complexity index is 400. The fourth-order valence-corrected chi connectivity index (χ4v) is 5.34. The first-order chi connectivity index (χ1) is 8.70. The summed E-state index contributed by atoms with van der Waals surface area (Å²) >= 11 is 7.36. The molecule has 2 rings (SSSR count). The summed E-state index contributed by atoms with van der Waals surface area (Å²) in [7, 11) is 0. The topological polar surface area (TPSA) is 38.0 Å². The second kappa shape index (κ2) is 7.14. The molecule has 0 aliphatic carbocycles. The van der Waals surface area contributed by atoms with Gasteiger partial charge in [0.05, 0.1) is 0 Å². The van der Waals surface area contributed by atoms with Crippen LogP contribution in [0, 0.1) is 5.82 Å². The Balaban J connectivity index is 2.04. The van der Waals surface area contributed by atoms with E-state index in [1.807, 2.05) is 29.6 Å². The molecular formula is C12H16BrFN2S2. The maximum atomic E-state index is 13.0. The average Bonchev–Trinajstić information content (AvgIpc) is 2.39. The molecule has 1 heterocycles. The highest BCUT2D eigenvalue weighted by Gasteiger charge is 2.24. The van der Waals surface area contributed by atoms with Crippen LogP contribution >= 0.6 is 39.5 Å². The predicted octanol–water partition coefficient (Wildman–Crippen LogP) is 2.81. The van der Waals surface area contributed by atoms with Crippen LogP contribution in [-0.4, -0.2) is 28.6 Å². The largest absolute Gasteiger partial charge is 0.271 e. The van der Waals surface area contributed by atoms with Gasteiger partial charge in [0.25, 0.3) is 0 Å². The van der Waals surface area contributed by atoms with Crippen molar-refractivity contribution in [2.45, 2.75) is 17.7 Å². The summed E-state index contributed by atoms with van der Waals surface area (Å²) in [6.07, 6.45) is 0.815. The van der Waals surface area contributed by atoms with Crippen molar-refractivity contribution >= 4 is 39.5 Å². The van der Waals surface area contributed by atoms with Gasteiger partial charge in [-0.1, -0.05) is 22.0 Å². The van der Waals surface area contributed by atoms with Crippen LogP contribution in [0.2, 0.25) is 0 Å². The minimum atomic E-state index is -0.217. The number of halogens is 2. The van der Waals surface area contributed by atoms with Gasteiger partial charge in [0.1, 0.15) is 5.82 Å². The fourth-order valence-electron chi connectivity index (χ4n) is 1.96. The zero-order valence-corrected chi connectivity index (χ0v) is 13.1. The van der Waals surface area contributed by atoms with Crippen molar-refractivity contribution in [3.8, 4) is 0 Å². The van der Waals surface area contributed by atoms with Crippen molar-refractivity contribution in [2.75, 3.05) is 17.3 Å². The van der Waals surface area contributed by atoms with Gasteiger partial charge in [-0.25, -0.2) is 4.39 Å². The number of thioether (sulfide) groups is 2. The second-order valence-corrected chi connectivity index (χ2v) is 7.55. The Morgan fingerprint density at radius 1 is 1.50 bits per heavy atom. The van der Waals surface area contributed by atoms with Crippen LogP contribution in [0.25, 0.3) is 0 Å². The lowest BCUT2D eigenvalue weighted by molar-refractivity contribution is 0.522. The molecule has 1 aromatic carbocycles. The number of nitrogens with two attached hydrogens (primary N) is 1. The molecule has 1 saturated heterocycles. The Kier molecular flexibility index (Phi) is 5.82. The first-order valence-corrected chi connectivity index (χ1v) is 8.79. The third-order valence-corrected chi connectivity index (χ3v) is 6.62. The fraction of sp³-hybridized carbons (Fsp3) is 0.500. The molecule has 0 amide bonds. The molecule has 0 bridgehead atoms. The van der Waals surface area contributed by atoms with Crippen LogP contribution in [0.5, 0.6) is 0 Å². The van der Waals surface area contributed by atoms with E-state index < -0.39 is 0 Å². The summed E-state index contributed by atoms with van der Waals surface area (Å²) in [5, 5.41) is 0.519. The minimum Gasteiger partial charge on any atom is -0.271 e. The molecular weight excluding hydrogens is 335 g/mol. The van der Waals surface area contributed by atoms with Crippen LogP contribution in [-0.2, 0) is 6.42 Å². The second-order valence-electron chi connectivity index (χ2n) is 4.20. The van der Waals surface area contributed by atoms with Crippen molar-refractivity contribution in [1.82, 2.24) is 5.43 Å². The molecule has 100 valence electrons. The number of hydrogen-bond donors (Lipinski definition) is 2. The molecule has 0 spiro atoms. The first-order valence-electron chi connectivity index (χ1n) is 5.80. The molecule has 3 N–H and O–H groups in total. The predicted molar refractivity (Wildman–Crippen MR) is 82.5 cm³/mol.